The summed E-state index contributed by atoms with van der Waals surface area (Å²) in [7, 11) is 0. The summed E-state index contributed by atoms with van der Waals surface area (Å²) in [5, 5.41) is 3.92. The van der Waals surface area contributed by atoms with E-state index in [9.17, 15) is 0 Å². The highest BCUT2D eigenvalue weighted by atomic mass is 15.8. The summed E-state index contributed by atoms with van der Waals surface area (Å²) < 4.78 is 0. The zero-order chi connectivity index (χ0) is 6.69. The summed E-state index contributed by atoms with van der Waals surface area (Å²) >= 11 is 0. The van der Waals surface area contributed by atoms with E-state index in [0.717, 1.165) is 12.3 Å². The molecule has 0 unspecified atom stereocenters. The molecule has 0 aromatic carbocycles. The van der Waals surface area contributed by atoms with Crippen molar-refractivity contribution in [2.24, 2.45) is 11.0 Å². The Balaban J connectivity index is 2.26. The molecular weight excluding hydrogens is 116 g/mol. The fourth-order valence-corrected chi connectivity index (χ4v) is 0.707. The molecule has 3 N–H and O–H groups in total. The van der Waals surface area contributed by atoms with Crippen molar-refractivity contribution in [3.05, 3.63) is 0 Å². The zero-order valence-electron chi connectivity index (χ0n) is 5.73. The molecular formula is C5H12N4. The Morgan fingerprint density at radius 2 is 2.33 bits per heavy atom. The number of hydrogen-bond donors (Lipinski definition) is 3. The monoisotopic (exact) mass is 128 g/mol. The molecule has 52 valence electrons. The molecule has 1 aliphatic heterocycles. The Morgan fingerprint density at radius 1 is 1.56 bits per heavy atom. The topological polar surface area (TPSA) is 48.5 Å². The van der Waals surface area contributed by atoms with Crippen molar-refractivity contribution in [1.29, 1.82) is 0 Å². The lowest BCUT2D eigenvalue weighted by atomic mass is 10.1. The highest BCUT2D eigenvalue weighted by Gasteiger charge is 2.05. The van der Waals surface area contributed by atoms with Crippen LogP contribution in [0.4, 0.5) is 0 Å². The molecule has 9 heavy (non-hydrogen) atoms. The van der Waals surface area contributed by atoms with Gasteiger partial charge in [0.25, 0.3) is 0 Å². The minimum Gasteiger partial charge on any atom is -0.289 e. The second kappa shape index (κ2) is 2.68. The maximum absolute atomic E-state index is 3.92. The van der Waals surface area contributed by atoms with Crippen LogP contribution in [0, 0.1) is 5.92 Å². The lowest BCUT2D eigenvalue weighted by molar-refractivity contribution is 0.573. The lowest BCUT2D eigenvalue weighted by Gasteiger charge is -2.01. The summed E-state index contributed by atoms with van der Waals surface area (Å²) in [5.74, 6) is 1.63. The average molecular weight is 128 g/mol. The van der Waals surface area contributed by atoms with E-state index in [2.05, 4.69) is 35.4 Å². The number of amidine groups is 1. The largest absolute Gasteiger partial charge is 0.289 e. The Hall–Kier alpha value is -0.770. The lowest BCUT2D eigenvalue weighted by Crippen LogP contribution is -2.35. The van der Waals surface area contributed by atoms with Crippen LogP contribution in [-0.4, -0.2) is 5.84 Å². The molecule has 0 spiro atoms. The van der Waals surface area contributed by atoms with Crippen LogP contribution in [0.1, 0.15) is 20.3 Å². The van der Waals surface area contributed by atoms with Crippen molar-refractivity contribution in [3.63, 3.8) is 0 Å². The SMILES string of the molecule is CC(C)CC1=NNNN1. The third kappa shape index (κ3) is 1.89. The van der Waals surface area contributed by atoms with Crippen molar-refractivity contribution < 1.29 is 0 Å². The molecule has 0 fully saturated rings. The van der Waals surface area contributed by atoms with Crippen molar-refractivity contribution in [3.8, 4) is 0 Å². The second-order valence-corrected chi connectivity index (χ2v) is 2.52. The smallest absolute Gasteiger partial charge is 0.139 e. The van der Waals surface area contributed by atoms with E-state index in [4.69, 9.17) is 0 Å². The quantitative estimate of drug-likeness (QED) is 0.489. The first-order valence-electron chi connectivity index (χ1n) is 3.11. The fourth-order valence-electron chi connectivity index (χ4n) is 0.707. The highest BCUT2D eigenvalue weighted by Crippen LogP contribution is 1.99. The standard InChI is InChI=1S/C5H12N4/c1-4(2)3-5-6-8-9-7-5/h4,8-9H,3H2,1-2H3,(H,6,7). The van der Waals surface area contributed by atoms with Gasteiger partial charge < -0.3 is 0 Å². The molecule has 0 atom stereocenters. The molecule has 0 aromatic rings. The predicted molar refractivity (Wildman–Crippen MR) is 36.3 cm³/mol. The van der Waals surface area contributed by atoms with Crippen LogP contribution in [0.2, 0.25) is 0 Å². The van der Waals surface area contributed by atoms with Gasteiger partial charge in [0.1, 0.15) is 5.84 Å². The number of nitrogens with zero attached hydrogens (tertiary/aromatic N) is 1. The minimum atomic E-state index is 0.651. The molecule has 0 bridgehead atoms. The van der Waals surface area contributed by atoms with E-state index in [-0.39, 0.29) is 0 Å². The van der Waals surface area contributed by atoms with Gasteiger partial charge in [-0.3, -0.25) is 5.43 Å². The van der Waals surface area contributed by atoms with Gasteiger partial charge in [-0.05, 0) is 5.92 Å². The fraction of sp³-hybridized carbons (Fsp3) is 0.800. The third-order valence-electron chi connectivity index (χ3n) is 1.06. The van der Waals surface area contributed by atoms with Crippen LogP contribution < -0.4 is 16.5 Å². The molecule has 0 amide bonds. The van der Waals surface area contributed by atoms with E-state index in [0.29, 0.717) is 5.92 Å². The van der Waals surface area contributed by atoms with Gasteiger partial charge in [0, 0.05) is 6.42 Å². The van der Waals surface area contributed by atoms with Gasteiger partial charge in [0.2, 0.25) is 0 Å². The van der Waals surface area contributed by atoms with Crippen LogP contribution in [0.15, 0.2) is 5.10 Å². The Kier molecular flexibility index (Phi) is 1.89. The Morgan fingerprint density at radius 3 is 2.78 bits per heavy atom. The maximum atomic E-state index is 3.92. The van der Waals surface area contributed by atoms with Gasteiger partial charge in [-0.25, -0.2) is 5.53 Å². The Bertz CT molecular complexity index is 118. The third-order valence-corrected chi connectivity index (χ3v) is 1.06. The normalized spacial score (nSPS) is 17.0. The van der Waals surface area contributed by atoms with Gasteiger partial charge in [-0.1, -0.05) is 13.8 Å². The Labute approximate surface area is 54.6 Å². The first-order valence-corrected chi connectivity index (χ1v) is 3.11. The maximum Gasteiger partial charge on any atom is 0.139 e. The summed E-state index contributed by atoms with van der Waals surface area (Å²) in [6.45, 7) is 4.31. The minimum absolute atomic E-state index is 0.651. The number of nitrogens with one attached hydrogen (secondary N) is 3. The van der Waals surface area contributed by atoms with Crippen molar-refractivity contribution >= 4 is 5.84 Å². The van der Waals surface area contributed by atoms with E-state index >= 15 is 0 Å². The molecule has 0 saturated heterocycles. The molecule has 1 heterocycles. The molecule has 0 radical (unpaired) electrons. The summed E-state index contributed by atoms with van der Waals surface area (Å²) in [5.41, 5.74) is 8.16. The molecule has 0 aliphatic carbocycles. The second-order valence-electron chi connectivity index (χ2n) is 2.52. The number of hydrazine groups is 2. The summed E-state index contributed by atoms with van der Waals surface area (Å²) in [6, 6.07) is 0. The zero-order valence-corrected chi connectivity index (χ0v) is 5.73. The van der Waals surface area contributed by atoms with E-state index in [1.54, 1.807) is 0 Å². The van der Waals surface area contributed by atoms with E-state index < -0.39 is 0 Å². The van der Waals surface area contributed by atoms with Gasteiger partial charge in [-0.15, -0.1) is 10.6 Å². The molecule has 4 nitrogen and oxygen atoms in total. The van der Waals surface area contributed by atoms with E-state index in [1.165, 1.54) is 0 Å². The van der Waals surface area contributed by atoms with Crippen molar-refractivity contribution in [2.75, 3.05) is 0 Å². The summed E-state index contributed by atoms with van der Waals surface area (Å²) in [4.78, 5) is 0. The first kappa shape index (κ1) is 6.35. The van der Waals surface area contributed by atoms with Gasteiger partial charge >= 0.3 is 0 Å². The number of rotatable bonds is 2. The molecule has 1 aliphatic rings. The van der Waals surface area contributed by atoms with Crippen LogP contribution in [-0.2, 0) is 0 Å². The van der Waals surface area contributed by atoms with Crippen LogP contribution in [0.3, 0.4) is 0 Å². The van der Waals surface area contributed by atoms with Crippen molar-refractivity contribution in [2.45, 2.75) is 20.3 Å². The number of hydrazone groups is 1. The van der Waals surface area contributed by atoms with Crippen LogP contribution in [0.5, 0.6) is 0 Å². The highest BCUT2D eigenvalue weighted by molar-refractivity contribution is 5.82. The van der Waals surface area contributed by atoms with Crippen LogP contribution in [0.25, 0.3) is 0 Å². The predicted octanol–water partition coefficient (Wildman–Crippen LogP) is -0.0416. The van der Waals surface area contributed by atoms with Crippen molar-refractivity contribution in [1.82, 2.24) is 16.5 Å². The van der Waals surface area contributed by atoms with E-state index in [1.807, 2.05) is 0 Å². The first-order chi connectivity index (χ1) is 4.29. The molecule has 4 heteroatoms. The number of hydrogen-bond acceptors (Lipinski definition) is 4. The molecule has 0 aromatic heterocycles. The molecule has 0 saturated carbocycles. The van der Waals surface area contributed by atoms with Gasteiger partial charge in [0.05, 0.1) is 0 Å². The van der Waals surface area contributed by atoms with Crippen LogP contribution >= 0.6 is 0 Å². The van der Waals surface area contributed by atoms with Gasteiger partial charge in [-0.2, -0.15) is 0 Å². The summed E-state index contributed by atoms with van der Waals surface area (Å²) in [6.07, 6.45) is 0.986. The van der Waals surface area contributed by atoms with Gasteiger partial charge in [0.15, 0.2) is 0 Å². The molecule has 1 rings (SSSR count). The average Bonchev–Trinajstić information content (AvgIpc) is 2.15.